The molecule has 1 aliphatic rings. The summed E-state index contributed by atoms with van der Waals surface area (Å²) >= 11 is 0. The van der Waals surface area contributed by atoms with Gasteiger partial charge >= 0.3 is 0 Å². The van der Waals surface area contributed by atoms with E-state index in [9.17, 15) is 12.8 Å². The van der Waals surface area contributed by atoms with Gasteiger partial charge < -0.3 is 11.1 Å². The molecule has 1 aliphatic heterocycles. The maximum atomic E-state index is 14.4. The predicted molar refractivity (Wildman–Crippen MR) is 102 cm³/mol. The molecule has 0 aliphatic carbocycles. The summed E-state index contributed by atoms with van der Waals surface area (Å²) < 4.78 is 39.3. The van der Waals surface area contributed by atoms with Crippen LogP contribution in [0.3, 0.4) is 0 Å². The first-order valence-corrected chi connectivity index (χ1v) is 9.88. The van der Waals surface area contributed by atoms with Gasteiger partial charge in [-0.15, -0.1) is 0 Å². The largest absolute Gasteiger partial charge is 0.370 e. The first kappa shape index (κ1) is 18.2. The summed E-state index contributed by atoms with van der Waals surface area (Å²) in [4.78, 5) is 4.20. The second-order valence-corrected chi connectivity index (χ2v) is 8.24. The van der Waals surface area contributed by atoms with Crippen molar-refractivity contribution in [3.8, 4) is 0 Å². The molecule has 0 radical (unpaired) electrons. The van der Waals surface area contributed by atoms with Crippen molar-refractivity contribution in [2.24, 2.45) is 10.7 Å². The normalized spacial score (nSPS) is 16.7. The summed E-state index contributed by atoms with van der Waals surface area (Å²) in [6.45, 7) is 2.47. The molecule has 138 valence electrons. The number of rotatable bonds is 4. The van der Waals surface area contributed by atoms with Gasteiger partial charge in [-0.25, -0.2) is 17.8 Å². The van der Waals surface area contributed by atoms with Crippen LogP contribution < -0.4 is 15.4 Å². The molecule has 0 saturated carbocycles. The summed E-state index contributed by atoms with van der Waals surface area (Å²) in [6.07, 6.45) is 0.509. The van der Waals surface area contributed by atoms with Gasteiger partial charge in [-0.05, 0) is 48.7 Å². The lowest BCUT2D eigenvalue weighted by Crippen LogP contribution is -2.26. The van der Waals surface area contributed by atoms with Crippen molar-refractivity contribution < 1.29 is 12.8 Å². The molecule has 3 rings (SSSR count). The highest BCUT2D eigenvalue weighted by molar-refractivity contribution is 7.93. The van der Waals surface area contributed by atoms with Gasteiger partial charge in [0, 0.05) is 12.2 Å². The molecule has 1 saturated heterocycles. The van der Waals surface area contributed by atoms with Crippen molar-refractivity contribution >= 4 is 27.4 Å². The number of hydrogen-bond acceptors (Lipinski definition) is 3. The van der Waals surface area contributed by atoms with Crippen LogP contribution in [-0.4, -0.2) is 26.7 Å². The molecule has 0 bridgehead atoms. The first-order chi connectivity index (χ1) is 12.3. The van der Waals surface area contributed by atoms with Gasteiger partial charge in [0.25, 0.3) is 0 Å². The summed E-state index contributed by atoms with van der Waals surface area (Å²) in [5, 5.41) is 2.98. The lowest BCUT2D eigenvalue weighted by atomic mass is 10.2. The van der Waals surface area contributed by atoms with Crippen molar-refractivity contribution in [2.75, 3.05) is 21.9 Å². The van der Waals surface area contributed by atoms with E-state index in [2.05, 4.69) is 10.3 Å². The number of nitrogens with zero attached hydrogens (tertiary/aromatic N) is 2. The van der Waals surface area contributed by atoms with Gasteiger partial charge in [0.05, 0.1) is 18.0 Å². The van der Waals surface area contributed by atoms with E-state index >= 15 is 0 Å². The zero-order valence-electron chi connectivity index (χ0n) is 14.4. The quantitative estimate of drug-likeness (QED) is 0.634. The van der Waals surface area contributed by atoms with Crippen molar-refractivity contribution in [2.45, 2.75) is 19.9 Å². The number of aliphatic imine (C=N–C) groups is 1. The van der Waals surface area contributed by atoms with E-state index in [1.807, 2.05) is 31.2 Å². The third kappa shape index (κ3) is 4.13. The molecule has 6 nitrogen and oxygen atoms in total. The molecule has 8 heteroatoms. The Morgan fingerprint density at radius 3 is 2.77 bits per heavy atom. The van der Waals surface area contributed by atoms with Gasteiger partial charge in [0.1, 0.15) is 5.82 Å². The van der Waals surface area contributed by atoms with E-state index in [0.717, 1.165) is 15.6 Å². The zero-order valence-corrected chi connectivity index (χ0v) is 15.3. The van der Waals surface area contributed by atoms with Crippen LogP contribution in [0.4, 0.5) is 15.8 Å². The molecule has 1 fully saturated rings. The van der Waals surface area contributed by atoms with Gasteiger partial charge in [-0.3, -0.25) is 4.31 Å². The van der Waals surface area contributed by atoms with Crippen LogP contribution in [0, 0.1) is 12.7 Å². The lowest BCUT2D eigenvalue weighted by molar-refractivity contribution is 0.594. The standard InChI is InChI=1S/C18H21FN4O2S/c1-13-4-2-5-15(10-13)22-18(20)21-12-14-6-7-17(16(19)11-14)23-8-3-9-26(23,24)25/h2,4-7,10-11H,3,8-9,12H2,1H3,(H3,20,21,22). The molecule has 2 aromatic carbocycles. The maximum Gasteiger partial charge on any atom is 0.235 e. The molecule has 0 atom stereocenters. The minimum atomic E-state index is -3.40. The number of nitrogens with one attached hydrogen (secondary N) is 1. The van der Waals surface area contributed by atoms with Crippen molar-refractivity contribution in [1.29, 1.82) is 0 Å². The van der Waals surface area contributed by atoms with Crippen molar-refractivity contribution in [1.82, 2.24) is 0 Å². The van der Waals surface area contributed by atoms with Crippen LogP contribution in [0.5, 0.6) is 0 Å². The van der Waals surface area contributed by atoms with E-state index in [0.29, 0.717) is 18.5 Å². The second-order valence-electron chi connectivity index (χ2n) is 6.22. The highest BCUT2D eigenvalue weighted by atomic mass is 32.2. The zero-order chi connectivity index (χ0) is 18.7. The molecular formula is C18H21FN4O2S. The fourth-order valence-corrected chi connectivity index (χ4v) is 4.42. The maximum absolute atomic E-state index is 14.4. The number of sulfonamides is 1. The van der Waals surface area contributed by atoms with E-state index in [1.54, 1.807) is 6.07 Å². The van der Waals surface area contributed by atoms with Gasteiger partial charge in [0.15, 0.2) is 5.96 Å². The first-order valence-electron chi connectivity index (χ1n) is 8.27. The highest BCUT2D eigenvalue weighted by Crippen LogP contribution is 2.27. The summed E-state index contributed by atoms with van der Waals surface area (Å²) in [5.41, 5.74) is 8.48. The van der Waals surface area contributed by atoms with E-state index < -0.39 is 15.8 Å². The van der Waals surface area contributed by atoms with Crippen LogP contribution in [0.25, 0.3) is 0 Å². The third-order valence-electron chi connectivity index (χ3n) is 4.10. The number of guanidine groups is 1. The molecule has 0 amide bonds. The average molecular weight is 376 g/mol. The fourth-order valence-electron chi connectivity index (χ4n) is 2.85. The summed E-state index contributed by atoms with van der Waals surface area (Å²) in [6, 6.07) is 12.1. The monoisotopic (exact) mass is 376 g/mol. The average Bonchev–Trinajstić information content (AvgIpc) is 2.92. The Bertz CT molecular complexity index is 944. The Morgan fingerprint density at radius 2 is 2.12 bits per heavy atom. The van der Waals surface area contributed by atoms with Crippen LogP contribution in [0.2, 0.25) is 0 Å². The molecule has 3 N–H and O–H groups in total. The minimum Gasteiger partial charge on any atom is -0.370 e. The van der Waals surface area contributed by atoms with Gasteiger partial charge in [-0.1, -0.05) is 18.2 Å². The highest BCUT2D eigenvalue weighted by Gasteiger charge is 2.30. The van der Waals surface area contributed by atoms with Crippen LogP contribution in [0.1, 0.15) is 17.5 Å². The Hall–Kier alpha value is -2.61. The number of halogens is 1. The number of benzene rings is 2. The molecule has 26 heavy (non-hydrogen) atoms. The molecule has 1 heterocycles. The smallest absolute Gasteiger partial charge is 0.235 e. The van der Waals surface area contributed by atoms with E-state index in [1.165, 1.54) is 12.1 Å². The Balaban J connectivity index is 1.70. The van der Waals surface area contributed by atoms with Gasteiger partial charge in [-0.2, -0.15) is 0 Å². The number of anilines is 2. The van der Waals surface area contributed by atoms with E-state index in [4.69, 9.17) is 5.73 Å². The second kappa shape index (κ2) is 7.33. The number of aryl methyl sites for hydroxylation is 1. The fraction of sp³-hybridized carbons (Fsp3) is 0.278. The molecule has 0 spiro atoms. The summed E-state index contributed by atoms with van der Waals surface area (Å²) in [7, 11) is -3.40. The topological polar surface area (TPSA) is 87.8 Å². The Morgan fingerprint density at radius 1 is 1.31 bits per heavy atom. The molecule has 0 unspecified atom stereocenters. The van der Waals surface area contributed by atoms with Crippen molar-refractivity contribution in [3.63, 3.8) is 0 Å². The predicted octanol–water partition coefficient (Wildman–Crippen LogP) is 2.60. The molecule has 0 aromatic heterocycles. The summed E-state index contributed by atoms with van der Waals surface area (Å²) in [5.74, 6) is -0.296. The lowest BCUT2D eigenvalue weighted by Gasteiger charge is -2.17. The third-order valence-corrected chi connectivity index (χ3v) is 5.96. The Kier molecular flexibility index (Phi) is 5.13. The van der Waals surface area contributed by atoms with Crippen LogP contribution in [0.15, 0.2) is 47.5 Å². The van der Waals surface area contributed by atoms with Crippen LogP contribution >= 0.6 is 0 Å². The molecule has 2 aromatic rings. The SMILES string of the molecule is Cc1cccc(NC(N)=NCc2ccc(N3CCCS3(=O)=O)c(F)c2)c1. The van der Waals surface area contributed by atoms with Crippen LogP contribution in [-0.2, 0) is 16.6 Å². The van der Waals surface area contributed by atoms with Gasteiger partial charge in [0.2, 0.25) is 10.0 Å². The number of hydrogen-bond donors (Lipinski definition) is 2. The minimum absolute atomic E-state index is 0.0552. The Labute approximate surface area is 152 Å². The number of nitrogens with two attached hydrogens (primary N) is 1. The van der Waals surface area contributed by atoms with E-state index in [-0.39, 0.29) is 23.9 Å². The van der Waals surface area contributed by atoms with Crippen molar-refractivity contribution in [3.05, 3.63) is 59.4 Å². The molecular weight excluding hydrogens is 355 g/mol.